The highest BCUT2D eigenvalue weighted by atomic mass is 16.5. The minimum Gasteiger partial charge on any atom is -0.495 e. The van der Waals surface area contributed by atoms with Crippen LogP contribution in [-0.2, 0) is 4.79 Å². The molecule has 0 heterocycles. The fourth-order valence-electron chi connectivity index (χ4n) is 3.15. The van der Waals surface area contributed by atoms with Gasteiger partial charge in [0.2, 0.25) is 0 Å². The van der Waals surface area contributed by atoms with Crippen molar-refractivity contribution in [1.82, 2.24) is 0 Å². The summed E-state index contributed by atoms with van der Waals surface area (Å²) in [7, 11) is 1.62. The Balaban J connectivity index is 2.15. The molecule has 0 bridgehead atoms. The number of benzene rings is 3. The van der Waals surface area contributed by atoms with Crippen molar-refractivity contribution in [2.24, 2.45) is 0 Å². The molecule has 0 saturated carbocycles. The number of hydrogen-bond acceptors (Lipinski definition) is 3. The number of hydrogen-bond donors (Lipinski definition) is 1. The van der Waals surface area contributed by atoms with Crippen molar-refractivity contribution < 1.29 is 9.53 Å². The van der Waals surface area contributed by atoms with E-state index in [4.69, 9.17) is 10.5 Å². The molecule has 3 aromatic rings. The molecule has 0 radical (unpaired) electrons. The highest BCUT2D eigenvalue weighted by Crippen LogP contribution is 2.33. The number of fused-ring (bicyclic) bond motifs is 4. The number of methoxy groups -OCH3 is 1. The molecule has 0 amide bonds. The molecule has 0 atom stereocenters. The maximum atomic E-state index is 11.6. The molecular weight excluding hydrogens is 274 g/mol. The minimum atomic E-state index is 0.154. The Labute approximate surface area is 127 Å². The summed E-state index contributed by atoms with van der Waals surface area (Å²) in [5.74, 6) is 0.844. The van der Waals surface area contributed by atoms with Crippen molar-refractivity contribution in [2.45, 2.75) is 6.42 Å². The number of ketones is 1. The van der Waals surface area contributed by atoms with E-state index in [1.807, 2.05) is 30.3 Å². The first-order valence-corrected chi connectivity index (χ1v) is 7.21. The Bertz CT molecular complexity index is 1060. The molecule has 4 rings (SSSR count). The zero-order chi connectivity index (χ0) is 15.3. The number of nitrogen functional groups attached to an aromatic ring is 1. The number of nitrogens with two attached hydrogens (primary N) is 1. The van der Waals surface area contributed by atoms with Crippen molar-refractivity contribution in [1.29, 1.82) is 0 Å². The second kappa shape index (κ2) is 4.60. The van der Waals surface area contributed by atoms with Crippen LogP contribution in [-0.4, -0.2) is 12.9 Å². The quantitative estimate of drug-likeness (QED) is 0.551. The van der Waals surface area contributed by atoms with Crippen LogP contribution < -0.4 is 20.9 Å². The first-order chi connectivity index (χ1) is 10.7. The van der Waals surface area contributed by atoms with Gasteiger partial charge < -0.3 is 10.5 Å². The van der Waals surface area contributed by atoms with Crippen LogP contribution in [0.25, 0.3) is 33.7 Å². The summed E-state index contributed by atoms with van der Waals surface area (Å²) < 4.78 is 5.29. The summed E-state index contributed by atoms with van der Waals surface area (Å²) in [6.45, 7) is 0. The Morgan fingerprint density at radius 2 is 1.82 bits per heavy atom. The van der Waals surface area contributed by atoms with Gasteiger partial charge in [0.25, 0.3) is 0 Å². The van der Waals surface area contributed by atoms with Crippen LogP contribution in [0.5, 0.6) is 5.75 Å². The Morgan fingerprint density at radius 3 is 2.64 bits per heavy atom. The lowest BCUT2D eigenvalue weighted by Gasteiger charge is -2.11. The fraction of sp³-hybridized carbons (Fsp3) is 0.105. The number of anilines is 1. The van der Waals surface area contributed by atoms with Crippen LogP contribution in [0.15, 0.2) is 36.4 Å². The number of rotatable bonds is 1. The number of Topliss-reactive ketones (excluding diaryl/α,β-unsaturated/α-hetero) is 1. The first kappa shape index (κ1) is 12.9. The van der Waals surface area contributed by atoms with Gasteiger partial charge in [-0.15, -0.1) is 0 Å². The van der Waals surface area contributed by atoms with Gasteiger partial charge in [-0.3, -0.25) is 4.79 Å². The van der Waals surface area contributed by atoms with Gasteiger partial charge >= 0.3 is 0 Å². The van der Waals surface area contributed by atoms with Gasteiger partial charge in [-0.05, 0) is 56.9 Å². The molecule has 2 N–H and O–H groups in total. The van der Waals surface area contributed by atoms with Crippen molar-refractivity contribution in [3.63, 3.8) is 0 Å². The normalized spacial score (nSPS) is 13.6. The first-order valence-electron chi connectivity index (χ1n) is 7.21. The SMILES string of the molecule is COc1ccc2c(ccc3cc4c(cc32)=CCC(=O)C=4)c1N. The zero-order valence-electron chi connectivity index (χ0n) is 12.2. The summed E-state index contributed by atoms with van der Waals surface area (Å²) >= 11 is 0. The predicted octanol–water partition coefficient (Wildman–Crippen LogP) is 2.12. The van der Waals surface area contributed by atoms with Gasteiger partial charge in [0, 0.05) is 11.8 Å². The molecule has 0 aromatic heterocycles. The van der Waals surface area contributed by atoms with E-state index in [0.717, 1.165) is 32.0 Å². The topological polar surface area (TPSA) is 52.3 Å². The average Bonchev–Trinajstić information content (AvgIpc) is 2.53. The fourth-order valence-corrected chi connectivity index (χ4v) is 3.15. The number of ether oxygens (including phenoxy) is 1. The summed E-state index contributed by atoms with van der Waals surface area (Å²) in [5.41, 5.74) is 6.85. The maximum absolute atomic E-state index is 11.6. The molecule has 22 heavy (non-hydrogen) atoms. The van der Waals surface area contributed by atoms with Crippen LogP contribution in [0.4, 0.5) is 5.69 Å². The second-order valence-electron chi connectivity index (χ2n) is 5.56. The van der Waals surface area contributed by atoms with E-state index < -0.39 is 0 Å². The van der Waals surface area contributed by atoms with Gasteiger partial charge in [0.15, 0.2) is 5.78 Å². The molecule has 0 unspecified atom stereocenters. The Kier molecular flexibility index (Phi) is 2.70. The molecule has 1 aliphatic rings. The monoisotopic (exact) mass is 289 g/mol. The lowest BCUT2D eigenvalue weighted by Crippen LogP contribution is -2.28. The van der Waals surface area contributed by atoms with Crippen molar-refractivity contribution in [3.8, 4) is 5.75 Å². The Hall–Kier alpha value is -2.81. The van der Waals surface area contributed by atoms with Gasteiger partial charge in [-0.25, -0.2) is 0 Å². The molecule has 0 fully saturated rings. The molecule has 3 nitrogen and oxygen atoms in total. The van der Waals surface area contributed by atoms with Crippen molar-refractivity contribution in [3.05, 3.63) is 46.8 Å². The van der Waals surface area contributed by atoms with Crippen molar-refractivity contribution >= 4 is 45.2 Å². The van der Waals surface area contributed by atoms with E-state index in [2.05, 4.69) is 12.1 Å². The number of carbonyl (C=O) groups excluding carboxylic acids is 1. The molecule has 3 aromatic carbocycles. The second-order valence-corrected chi connectivity index (χ2v) is 5.56. The van der Waals surface area contributed by atoms with Gasteiger partial charge in [0.1, 0.15) is 5.75 Å². The van der Waals surface area contributed by atoms with Gasteiger partial charge in [-0.2, -0.15) is 0 Å². The maximum Gasteiger partial charge on any atom is 0.160 e. The lowest BCUT2D eigenvalue weighted by atomic mass is 9.97. The third kappa shape index (κ3) is 1.79. The summed E-state index contributed by atoms with van der Waals surface area (Å²) in [6, 6.07) is 12.2. The molecule has 0 saturated heterocycles. The van der Waals surface area contributed by atoms with Gasteiger partial charge in [0.05, 0.1) is 12.8 Å². The average molecular weight is 289 g/mol. The minimum absolute atomic E-state index is 0.154. The van der Waals surface area contributed by atoms with E-state index in [-0.39, 0.29) is 5.78 Å². The lowest BCUT2D eigenvalue weighted by molar-refractivity contribution is -0.112. The van der Waals surface area contributed by atoms with E-state index in [1.165, 1.54) is 0 Å². The van der Waals surface area contributed by atoms with Crippen molar-refractivity contribution in [2.75, 3.05) is 12.8 Å². The third-order valence-electron chi connectivity index (χ3n) is 4.28. The van der Waals surface area contributed by atoms with E-state index in [9.17, 15) is 4.79 Å². The summed E-state index contributed by atoms with van der Waals surface area (Å²) in [4.78, 5) is 11.6. The van der Waals surface area contributed by atoms with Gasteiger partial charge in [-0.1, -0.05) is 18.2 Å². The standard InChI is InChI=1S/C19H15NO2/c1-22-18-7-6-15-16(19(18)20)5-3-12-8-13-9-14(21)4-2-11(13)10-17(12)15/h2-3,5-10H,4,20H2,1H3. The van der Waals surface area contributed by atoms with Crippen LogP contribution in [0.1, 0.15) is 6.42 Å². The Morgan fingerprint density at radius 1 is 1.00 bits per heavy atom. The molecular formula is C19H15NO2. The van der Waals surface area contributed by atoms with E-state index in [1.54, 1.807) is 13.2 Å². The molecule has 3 heteroatoms. The van der Waals surface area contributed by atoms with E-state index in [0.29, 0.717) is 17.9 Å². The van der Waals surface area contributed by atoms with Crippen LogP contribution in [0.3, 0.4) is 0 Å². The number of carbonyl (C=O) groups is 1. The third-order valence-corrected chi connectivity index (χ3v) is 4.28. The summed E-state index contributed by atoms with van der Waals surface area (Å²) in [5, 5.41) is 6.44. The molecule has 0 spiro atoms. The predicted molar refractivity (Wildman–Crippen MR) is 90.2 cm³/mol. The van der Waals surface area contributed by atoms with Crippen LogP contribution >= 0.6 is 0 Å². The summed E-state index contributed by atoms with van der Waals surface area (Å²) in [6.07, 6.45) is 4.18. The zero-order valence-corrected chi connectivity index (χ0v) is 12.2. The molecule has 0 aliphatic heterocycles. The molecule has 1 aliphatic carbocycles. The van der Waals surface area contributed by atoms with Crippen LogP contribution in [0, 0.1) is 0 Å². The highest BCUT2D eigenvalue weighted by Gasteiger charge is 2.09. The highest BCUT2D eigenvalue weighted by molar-refractivity contribution is 6.13. The van der Waals surface area contributed by atoms with E-state index >= 15 is 0 Å². The largest absolute Gasteiger partial charge is 0.495 e. The van der Waals surface area contributed by atoms with Crippen LogP contribution in [0.2, 0.25) is 0 Å². The smallest absolute Gasteiger partial charge is 0.160 e. The molecule has 108 valence electrons.